The molecule has 1 aliphatic heterocycles. The highest BCUT2D eigenvalue weighted by Gasteiger charge is 2.24. The van der Waals surface area contributed by atoms with Gasteiger partial charge in [-0.2, -0.15) is 0 Å². The fourth-order valence-electron chi connectivity index (χ4n) is 2.75. The van der Waals surface area contributed by atoms with Gasteiger partial charge >= 0.3 is 5.97 Å². The molecule has 6 heteroatoms. The van der Waals surface area contributed by atoms with Gasteiger partial charge in [-0.3, -0.25) is 0 Å². The second-order valence-corrected chi connectivity index (χ2v) is 6.72. The van der Waals surface area contributed by atoms with Crippen LogP contribution in [-0.4, -0.2) is 25.1 Å². The van der Waals surface area contributed by atoms with Crippen LogP contribution in [0, 0.1) is 6.92 Å². The molecule has 0 radical (unpaired) electrons. The molecule has 5 nitrogen and oxygen atoms in total. The van der Waals surface area contributed by atoms with Gasteiger partial charge in [0.1, 0.15) is 0 Å². The molecule has 1 heterocycles. The van der Waals surface area contributed by atoms with Gasteiger partial charge in [-0.05, 0) is 56.2 Å². The molecule has 146 valence electrons. The fourth-order valence-corrected chi connectivity index (χ4v) is 3.02. The van der Waals surface area contributed by atoms with Crippen LogP contribution in [0.25, 0.3) is 6.08 Å². The van der Waals surface area contributed by atoms with Crippen molar-refractivity contribution in [2.24, 2.45) is 4.99 Å². The van der Waals surface area contributed by atoms with E-state index in [1.807, 2.05) is 45.0 Å². The first kappa shape index (κ1) is 20.0. The molecule has 2 aromatic carbocycles. The lowest BCUT2D eigenvalue weighted by atomic mass is 10.1. The standard InChI is InChI=1S/C22H22ClNO4/c1-4-9-27-20-17(23)11-15(13-19(20)26-5-2)12-18-22(25)28-21(24-18)16-8-6-7-14(3)10-16/h6-8,10-13H,4-5,9H2,1-3H3/b18-12-. The number of carbonyl (C=O) groups excluding carboxylic acids is 1. The summed E-state index contributed by atoms with van der Waals surface area (Å²) in [6.45, 7) is 6.88. The average molecular weight is 400 g/mol. The first-order valence-electron chi connectivity index (χ1n) is 9.20. The molecule has 3 rings (SSSR count). The maximum atomic E-state index is 12.3. The summed E-state index contributed by atoms with van der Waals surface area (Å²) in [6.07, 6.45) is 2.49. The van der Waals surface area contributed by atoms with E-state index in [-0.39, 0.29) is 5.70 Å². The van der Waals surface area contributed by atoms with Crippen LogP contribution in [0.2, 0.25) is 5.02 Å². The van der Waals surface area contributed by atoms with Crippen LogP contribution in [0.3, 0.4) is 0 Å². The van der Waals surface area contributed by atoms with E-state index >= 15 is 0 Å². The lowest BCUT2D eigenvalue weighted by Crippen LogP contribution is -2.05. The van der Waals surface area contributed by atoms with Crippen LogP contribution in [0.5, 0.6) is 11.5 Å². The minimum atomic E-state index is -0.503. The van der Waals surface area contributed by atoms with Gasteiger partial charge in [0.15, 0.2) is 17.2 Å². The first-order chi connectivity index (χ1) is 13.5. The first-order valence-corrected chi connectivity index (χ1v) is 9.58. The third-order valence-electron chi connectivity index (χ3n) is 3.97. The molecule has 0 spiro atoms. The quantitative estimate of drug-likeness (QED) is 0.475. The maximum absolute atomic E-state index is 12.3. The SMILES string of the molecule is CCCOc1c(Cl)cc(/C=C2\N=C(c3cccc(C)c3)OC2=O)cc1OCC. The van der Waals surface area contributed by atoms with Crippen molar-refractivity contribution >= 4 is 29.5 Å². The normalized spacial score (nSPS) is 14.8. The third-order valence-corrected chi connectivity index (χ3v) is 4.25. The van der Waals surface area contributed by atoms with E-state index in [2.05, 4.69) is 4.99 Å². The number of rotatable bonds is 7. The summed E-state index contributed by atoms with van der Waals surface area (Å²) in [5, 5.41) is 0.417. The number of benzene rings is 2. The van der Waals surface area contributed by atoms with Gasteiger partial charge in [-0.1, -0.05) is 36.2 Å². The number of halogens is 1. The van der Waals surface area contributed by atoms with Gasteiger partial charge in [0.2, 0.25) is 5.90 Å². The van der Waals surface area contributed by atoms with Crippen LogP contribution in [0.4, 0.5) is 0 Å². The van der Waals surface area contributed by atoms with Crippen molar-refractivity contribution in [3.63, 3.8) is 0 Å². The third kappa shape index (κ3) is 4.54. The van der Waals surface area contributed by atoms with Crippen molar-refractivity contribution in [2.75, 3.05) is 13.2 Å². The summed E-state index contributed by atoms with van der Waals surface area (Å²) >= 11 is 6.38. The largest absolute Gasteiger partial charge is 0.490 e. The van der Waals surface area contributed by atoms with Crippen LogP contribution in [0.1, 0.15) is 37.0 Å². The number of cyclic esters (lactones) is 1. The van der Waals surface area contributed by atoms with E-state index in [0.717, 1.165) is 17.5 Å². The van der Waals surface area contributed by atoms with E-state index < -0.39 is 5.97 Å². The van der Waals surface area contributed by atoms with Crippen LogP contribution in [-0.2, 0) is 9.53 Å². The Morgan fingerprint density at radius 2 is 2.00 bits per heavy atom. The molecule has 0 saturated heterocycles. The van der Waals surface area contributed by atoms with E-state index in [9.17, 15) is 4.79 Å². The molecule has 0 fully saturated rings. The number of carbonyl (C=O) groups is 1. The number of aryl methyl sites for hydroxylation is 1. The van der Waals surface area contributed by atoms with Crippen molar-refractivity contribution in [1.82, 2.24) is 0 Å². The number of nitrogens with zero attached hydrogens (tertiary/aromatic N) is 1. The average Bonchev–Trinajstić information content (AvgIpc) is 3.02. The molecule has 0 N–H and O–H groups in total. The lowest BCUT2D eigenvalue weighted by molar-refractivity contribution is -0.129. The number of hydrogen-bond donors (Lipinski definition) is 0. The van der Waals surface area contributed by atoms with Crippen LogP contribution < -0.4 is 9.47 Å². The number of hydrogen-bond acceptors (Lipinski definition) is 5. The Morgan fingerprint density at radius 1 is 1.18 bits per heavy atom. The van der Waals surface area contributed by atoms with Gasteiger partial charge < -0.3 is 14.2 Å². The minimum absolute atomic E-state index is 0.206. The van der Waals surface area contributed by atoms with Gasteiger partial charge in [0.05, 0.1) is 18.2 Å². The van der Waals surface area contributed by atoms with Crippen LogP contribution in [0.15, 0.2) is 47.1 Å². The number of ether oxygens (including phenoxy) is 3. The molecule has 2 aromatic rings. The Hall–Kier alpha value is -2.79. The molecular weight excluding hydrogens is 378 g/mol. The molecule has 0 bridgehead atoms. The number of esters is 1. The molecule has 0 atom stereocenters. The second-order valence-electron chi connectivity index (χ2n) is 6.32. The van der Waals surface area contributed by atoms with E-state index in [0.29, 0.717) is 41.2 Å². The zero-order valence-corrected chi connectivity index (χ0v) is 16.9. The maximum Gasteiger partial charge on any atom is 0.363 e. The van der Waals surface area contributed by atoms with Crippen molar-refractivity contribution in [3.05, 3.63) is 63.8 Å². The number of aliphatic imine (C=N–C) groups is 1. The van der Waals surface area contributed by atoms with Crippen molar-refractivity contribution in [3.8, 4) is 11.5 Å². The second kappa shape index (κ2) is 8.93. The molecular formula is C22H22ClNO4. The summed E-state index contributed by atoms with van der Waals surface area (Å²) in [4.78, 5) is 16.6. The summed E-state index contributed by atoms with van der Waals surface area (Å²) < 4.78 is 16.7. The highest BCUT2D eigenvalue weighted by atomic mass is 35.5. The highest BCUT2D eigenvalue weighted by Crippen LogP contribution is 2.37. The fraction of sp³-hybridized carbons (Fsp3) is 0.273. The van der Waals surface area contributed by atoms with Crippen LogP contribution >= 0.6 is 11.6 Å². The molecule has 1 aliphatic rings. The topological polar surface area (TPSA) is 57.1 Å². The smallest absolute Gasteiger partial charge is 0.363 e. The monoisotopic (exact) mass is 399 g/mol. The van der Waals surface area contributed by atoms with Gasteiger partial charge in [-0.15, -0.1) is 0 Å². The summed E-state index contributed by atoms with van der Waals surface area (Å²) in [7, 11) is 0. The molecule has 28 heavy (non-hydrogen) atoms. The summed E-state index contributed by atoms with van der Waals surface area (Å²) in [5.74, 6) is 0.825. The predicted octanol–water partition coefficient (Wildman–Crippen LogP) is 5.18. The summed E-state index contributed by atoms with van der Waals surface area (Å²) in [5.41, 5.74) is 2.70. The lowest BCUT2D eigenvalue weighted by Gasteiger charge is -2.14. The Labute approximate surface area is 169 Å². The Morgan fingerprint density at radius 3 is 2.71 bits per heavy atom. The molecule has 0 amide bonds. The van der Waals surface area contributed by atoms with E-state index in [4.69, 9.17) is 25.8 Å². The van der Waals surface area contributed by atoms with Crippen molar-refractivity contribution in [1.29, 1.82) is 0 Å². The molecule has 0 saturated carbocycles. The van der Waals surface area contributed by atoms with E-state index in [1.54, 1.807) is 18.2 Å². The van der Waals surface area contributed by atoms with Crippen molar-refractivity contribution in [2.45, 2.75) is 27.2 Å². The van der Waals surface area contributed by atoms with E-state index in [1.165, 1.54) is 0 Å². The van der Waals surface area contributed by atoms with Gasteiger partial charge in [0, 0.05) is 5.56 Å². The zero-order chi connectivity index (χ0) is 20.1. The van der Waals surface area contributed by atoms with Gasteiger partial charge in [0.25, 0.3) is 0 Å². The molecule has 0 aliphatic carbocycles. The highest BCUT2D eigenvalue weighted by molar-refractivity contribution is 6.32. The van der Waals surface area contributed by atoms with Gasteiger partial charge in [-0.25, -0.2) is 9.79 Å². The Balaban J connectivity index is 1.94. The molecule has 0 aromatic heterocycles. The minimum Gasteiger partial charge on any atom is -0.490 e. The molecule has 0 unspecified atom stereocenters. The van der Waals surface area contributed by atoms with Crippen molar-refractivity contribution < 1.29 is 19.0 Å². The Kier molecular flexibility index (Phi) is 6.37. The Bertz CT molecular complexity index is 950. The zero-order valence-electron chi connectivity index (χ0n) is 16.1. The predicted molar refractivity (Wildman–Crippen MR) is 110 cm³/mol. The summed E-state index contributed by atoms with van der Waals surface area (Å²) in [6, 6.07) is 11.1.